The quantitative estimate of drug-likeness (QED) is 0.706. The van der Waals surface area contributed by atoms with Gasteiger partial charge in [0.05, 0.1) is 0 Å². The van der Waals surface area contributed by atoms with Gasteiger partial charge in [-0.25, -0.2) is 0 Å². The van der Waals surface area contributed by atoms with Gasteiger partial charge < -0.3 is 14.7 Å². The lowest BCUT2D eigenvalue weighted by Crippen LogP contribution is -2.48. The van der Waals surface area contributed by atoms with Crippen molar-refractivity contribution < 1.29 is 27.6 Å². The second-order valence-corrected chi connectivity index (χ2v) is 6.25. The van der Waals surface area contributed by atoms with Crippen molar-refractivity contribution in [3.05, 3.63) is 0 Å². The van der Waals surface area contributed by atoms with Crippen molar-refractivity contribution in [3.63, 3.8) is 0 Å². The van der Waals surface area contributed by atoms with E-state index in [1.165, 1.54) is 6.92 Å². The molecule has 0 aliphatic carbocycles. The smallest absolute Gasteiger partial charge is 0.341 e. The zero-order chi connectivity index (χ0) is 17.9. The minimum atomic E-state index is -4.86. The van der Waals surface area contributed by atoms with Crippen LogP contribution in [-0.2, 0) is 14.4 Å². The average molecular weight is 349 g/mol. The van der Waals surface area contributed by atoms with E-state index >= 15 is 0 Å². The highest BCUT2D eigenvalue weighted by Gasteiger charge is 2.44. The molecule has 0 aromatic carbocycles. The number of carbonyl (C=O) groups excluding carboxylic acids is 3. The van der Waals surface area contributed by atoms with Gasteiger partial charge >= 0.3 is 12.1 Å². The molecule has 0 N–H and O–H groups in total. The van der Waals surface area contributed by atoms with Gasteiger partial charge in [-0.1, -0.05) is 0 Å². The minimum Gasteiger partial charge on any atom is -0.341 e. The van der Waals surface area contributed by atoms with Gasteiger partial charge in [0.2, 0.25) is 11.8 Å². The fourth-order valence-corrected chi connectivity index (χ4v) is 3.22. The predicted molar refractivity (Wildman–Crippen MR) is 78.8 cm³/mol. The predicted octanol–water partition coefficient (Wildman–Crippen LogP) is 0.868. The number of carbonyl (C=O) groups is 3. The van der Waals surface area contributed by atoms with Gasteiger partial charge in [0.1, 0.15) is 0 Å². The van der Waals surface area contributed by atoms with Crippen LogP contribution < -0.4 is 0 Å². The average Bonchev–Trinajstić information content (AvgIpc) is 2.79. The highest BCUT2D eigenvalue weighted by atomic mass is 19.4. The van der Waals surface area contributed by atoms with E-state index in [0.717, 1.165) is 4.90 Å². The first-order valence-electron chi connectivity index (χ1n) is 8.10. The molecule has 0 radical (unpaired) electrons. The fourth-order valence-electron chi connectivity index (χ4n) is 3.22. The first-order valence-corrected chi connectivity index (χ1v) is 8.10. The fraction of sp³-hybridized carbons (Fsp3) is 0.800. The van der Waals surface area contributed by atoms with Gasteiger partial charge in [0, 0.05) is 52.1 Å². The molecule has 3 amide bonds. The molecule has 9 heteroatoms. The highest BCUT2D eigenvalue weighted by molar-refractivity contribution is 5.83. The number of likely N-dealkylation sites (tertiary alicyclic amines) is 1. The van der Waals surface area contributed by atoms with Gasteiger partial charge in [-0.3, -0.25) is 14.4 Å². The summed E-state index contributed by atoms with van der Waals surface area (Å²) in [5.41, 5.74) is 0. The molecule has 0 atom stereocenters. The molecule has 2 heterocycles. The third kappa shape index (κ3) is 4.39. The van der Waals surface area contributed by atoms with Crippen LogP contribution in [0.2, 0.25) is 0 Å². The van der Waals surface area contributed by atoms with E-state index in [-0.39, 0.29) is 43.7 Å². The maximum Gasteiger partial charge on any atom is 0.471 e. The zero-order valence-electron chi connectivity index (χ0n) is 13.6. The molecular weight excluding hydrogens is 327 g/mol. The second kappa shape index (κ2) is 7.40. The number of alkyl halides is 3. The van der Waals surface area contributed by atoms with Crippen LogP contribution in [0.1, 0.15) is 26.2 Å². The molecule has 2 aliphatic heterocycles. The van der Waals surface area contributed by atoms with Crippen LogP contribution in [0.4, 0.5) is 13.2 Å². The van der Waals surface area contributed by atoms with Crippen LogP contribution in [0, 0.1) is 5.92 Å². The van der Waals surface area contributed by atoms with Crippen LogP contribution in [0.5, 0.6) is 0 Å². The summed E-state index contributed by atoms with van der Waals surface area (Å²) in [5, 5.41) is 0. The van der Waals surface area contributed by atoms with Crippen LogP contribution in [0.15, 0.2) is 0 Å². The third-order valence-electron chi connectivity index (χ3n) is 4.63. The van der Waals surface area contributed by atoms with Crippen LogP contribution in [0.3, 0.4) is 0 Å². The van der Waals surface area contributed by atoms with E-state index in [9.17, 15) is 27.6 Å². The van der Waals surface area contributed by atoms with Gasteiger partial charge in [0.25, 0.3) is 0 Å². The van der Waals surface area contributed by atoms with Gasteiger partial charge in [-0.05, 0) is 19.3 Å². The summed E-state index contributed by atoms with van der Waals surface area (Å²) in [4.78, 5) is 39.3. The van der Waals surface area contributed by atoms with Crippen molar-refractivity contribution in [2.75, 3.05) is 39.3 Å². The molecule has 0 aromatic heterocycles. The molecule has 0 aromatic rings. The Bertz CT molecular complexity index is 502. The van der Waals surface area contributed by atoms with Gasteiger partial charge in [-0.2, -0.15) is 13.2 Å². The largest absolute Gasteiger partial charge is 0.471 e. The molecule has 2 fully saturated rings. The lowest BCUT2D eigenvalue weighted by atomic mass is 9.95. The maximum atomic E-state index is 12.6. The van der Waals surface area contributed by atoms with Crippen molar-refractivity contribution in [1.29, 1.82) is 0 Å². The first kappa shape index (κ1) is 18.5. The number of rotatable bonds is 1. The third-order valence-corrected chi connectivity index (χ3v) is 4.63. The second-order valence-electron chi connectivity index (χ2n) is 6.25. The Hall–Kier alpha value is -1.80. The molecule has 0 unspecified atom stereocenters. The topological polar surface area (TPSA) is 60.9 Å². The number of piperidine rings is 1. The molecule has 24 heavy (non-hydrogen) atoms. The van der Waals surface area contributed by atoms with Crippen LogP contribution in [-0.4, -0.2) is 77.9 Å². The molecule has 0 bridgehead atoms. The van der Waals surface area contributed by atoms with Gasteiger partial charge in [0.15, 0.2) is 0 Å². The van der Waals surface area contributed by atoms with E-state index in [1.54, 1.807) is 9.80 Å². The lowest BCUT2D eigenvalue weighted by molar-refractivity contribution is -0.187. The molecule has 0 saturated carbocycles. The number of halogens is 3. The summed E-state index contributed by atoms with van der Waals surface area (Å²) in [6.45, 7) is 3.46. The summed E-state index contributed by atoms with van der Waals surface area (Å²) in [7, 11) is 0. The Balaban J connectivity index is 1.86. The maximum absolute atomic E-state index is 12.6. The minimum absolute atomic E-state index is 0.0247. The van der Waals surface area contributed by atoms with Crippen molar-refractivity contribution in [2.24, 2.45) is 5.92 Å². The molecule has 2 aliphatic rings. The number of amides is 3. The summed E-state index contributed by atoms with van der Waals surface area (Å²) >= 11 is 0. The number of hydrogen-bond donors (Lipinski definition) is 0. The molecule has 6 nitrogen and oxygen atoms in total. The van der Waals surface area contributed by atoms with Crippen LogP contribution >= 0.6 is 0 Å². The number of hydrogen-bond acceptors (Lipinski definition) is 3. The highest BCUT2D eigenvalue weighted by Crippen LogP contribution is 2.25. The molecule has 136 valence electrons. The monoisotopic (exact) mass is 349 g/mol. The van der Waals surface area contributed by atoms with Crippen molar-refractivity contribution in [2.45, 2.75) is 32.4 Å². The lowest BCUT2D eigenvalue weighted by Gasteiger charge is -2.34. The Morgan fingerprint density at radius 1 is 0.833 bits per heavy atom. The molecular formula is C15H22F3N3O3. The molecule has 2 rings (SSSR count). The molecule has 0 spiro atoms. The van der Waals surface area contributed by atoms with Crippen molar-refractivity contribution in [1.82, 2.24) is 14.7 Å². The SMILES string of the molecule is CC(=O)N1CCCN(C(=O)C2CCN(C(=O)C(F)(F)F)CC2)CC1. The Morgan fingerprint density at radius 2 is 1.38 bits per heavy atom. The van der Waals surface area contributed by atoms with E-state index < -0.39 is 12.1 Å². The first-order chi connectivity index (χ1) is 11.2. The van der Waals surface area contributed by atoms with E-state index in [2.05, 4.69) is 0 Å². The standard InChI is InChI=1S/C15H22F3N3O3/c1-11(22)19-5-2-6-20(10-9-19)13(23)12-3-7-21(8-4-12)14(24)15(16,17)18/h12H,2-10H2,1H3. The summed E-state index contributed by atoms with van der Waals surface area (Å²) < 4.78 is 37.3. The Labute approximate surface area is 138 Å². The summed E-state index contributed by atoms with van der Waals surface area (Å²) in [6.07, 6.45) is -3.68. The van der Waals surface area contributed by atoms with Crippen molar-refractivity contribution >= 4 is 17.7 Å². The molecule has 2 saturated heterocycles. The van der Waals surface area contributed by atoms with Crippen molar-refractivity contribution in [3.8, 4) is 0 Å². The number of nitrogens with zero attached hydrogens (tertiary/aromatic N) is 3. The van der Waals surface area contributed by atoms with E-state index in [0.29, 0.717) is 32.6 Å². The van der Waals surface area contributed by atoms with Gasteiger partial charge in [-0.15, -0.1) is 0 Å². The normalized spacial score (nSPS) is 20.8. The summed E-state index contributed by atoms with van der Waals surface area (Å²) in [5.74, 6) is -2.30. The van der Waals surface area contributed by atoms with E-state index in [1.807, 2.05) is 0 Å². The Morgan fingerprint density at radius 3 is 1.92 bits per heavy atom. The van der Waals surface area contributed by atoms with Crippen LogP contribution in [0.25, 0.3) is 0 Å². The zero-order valence-corrected chi connectivity index (χ0v) is 13.6. The van der Waals surface area contributed by atoms with E-state index in [4.69, 9.17) is 0 Å². The summed E-state index contributed by atoms with van der Waals surface area (Å²) in [6, 6.07) is 0. The Kier molecular flexibility index (Phi) is 5.71.